The molecule has 0 fully saturated rings. The molecule has 2 aromatic rings. The highest BCUT2D eigenvalue weighted by Crippen LogP contribution is 2.20. The highest BCUT2D eigenvalue weighted by atomic mass is 16.3. The van der Waals surface area contributed by atoms with Crippen LogP contribution in [0, 0.1) is 0 Å². The second kappa shape index (κ2) is 4.39. The lowest BCUT2D eigenvalue weighted by atomic mass is 10.0. The number of fused-ring (bicyclic) bond motifs is 1. The van der Waals surface area contributed by atoms with Crippen LogP contribution in [-0.2, 0) is 11.2 Å². The van der Waals surface area contributed by atoms with E-state index in [1.165, 1.54) is 12.5 Å². The molecular formula is C13H15NO2. The molecule has 0 saturated heterocycles. The molecule has 1 amide bonds. The van der Waals surface area contributed by atoms with Crippen LogP contribution in [0.5, 0.6) is 0 Å². The van der Waals surface area contributed by atoms with Crippen molar-refractivity contribution in [2.45, 2.75) is 26.3 Å². The van der Waals surface area contributed by atoms with Crippen molar-refractivity contribution in [2.24, 2.45) is 0 Å². The topological polar surface area (TPSA) is 42.2 Å². The van der Waals surface area contributed by atoms with Gasteiger partial charge in [0, 0.05) is 18.4 Å². The van der Waals surface area contributed by atoms with E-state index >= 15 is 0 Å². The minimum Gasteiger partial charge on any atom is -0.464 e. The summed E-state index contributed by atoms with van der Waals surface area (Å²) in [5, 5.41) is 4.00. The Labute approximate surface area is 94.4 Å². The number of nitrogens with one attached hydrogen (secondary N) is 1. The molecule has 0 aliphatic carbocycles. The van der Waals surface area contributed by atoms with Crippen molar-refractivity contribution in [2.75, 3.05) is 0 Å². The Morgan fingerprint density at radius 3 is 3.00 bits per heavy atom. The summed E-state index contributed by atoms with van der Waals surface area (Å²) in [5.74, 6) is 0.00636. The lowest BCUT2D eigenvalue weighted by Gasteiger charge is -2.12. The normalized spacial score (nSPS) is 12.6. The van der Waals surface area contributed by atoms with Crippen molar-refractivity contribution >= 4 is 16.9 Å². The van der Waals surface area contributed by atoms with Crippen molar-refractivity contribution in [1.82, 2.24) is 5.32 Å². The van der Waals surface area contributed by atoms with Crippen LogP contribution in [0.15, 0.2) is 34.9 Å². The van der Waals surface area contributed by atoms with Crippen LogP contribution in [-0.4, -0.2) is 11.9 Å². The van der Waals surface area contributed by atoms with Crippen LogP contribution in [0.25, 0.3) is 11.0 Å². The highest BCUT2D eigenvalue weighted by molar-refractivity contribution is 5.81. The summed E-state index contributed by atoms with van der Waals surface area (Å²) in [6.07, 6.45) is 2.51. The van der Waals surface area contributed by atoms with Crippen LogP contribution in [0.1, 0.15) is 19.4 Å². The first-order valence-electron chi connectivity index (χ1n) is 5.39. The minimum atomic E-state index is 0.00636. The van der Waals surface area contributed by atoms with Gasteiger partial charge in [-0.1, -0.05) is 12.1 Å². The summed E-state index contributed by atoms with van der Waals surface area (Å²) in [6, 6.07) is 8.09. The van der Waals surface area contributed by atoms with E-state index in [-0.39, 0.29) is 11.9 Å². The number of carbonyl (C=O) groups excluding carboxylic acids is 1. The van der Waals surface area contributed by atoms with E-state index in [1.54, 1.807) is 6.26 Å². The van der Waals surface area contributed by atoms with Crippen LogP contribution in [0.3, 0.4) is 0 Å². The molecule has 16 heavy (non-hydrogen) atoms. The zero-order valence-corrected chi connectivity index (χ0v) is 9.49. The third-order valence-corrected chi connectivity index (χ3v) is 2.56. The average Bonchev–Trinajstić information content (AvgIpc) is 2.65. The standard InChI is InChI=1S/C13H15NO2/c1-9(14-10(2)15)8-11-4-3-5-13-12(11)6-7-16-13/h3-7,9H,8H2,1-2H3,(H,14,15). The van der Waals surface area contributed by atoms with Gasteiger partial charge in [0.15, 0.2) is 0 Å². The van der Waals surface area contributed by atoms with E-state index in [0.29, 0.717) is 0 Å². The number of furan rings is 1. The molecule has 0 aliphatic rings. The molecule has 3 nitrogen and oxygen atoms in total. The number of rotatable bonds is 3. The van der Waals surface area contributed by atoms with Gasteiger partial charge >= 0.3 is 0 Å². The van der Waals surface area contributed by atoms with Crippen molar-refractivity contribution in [1.29, 1.82) is 0 Å². The maximum Gasteiger partial charge on any atom is 0.217 e. The Hall–Kier alpha value is -1.77. The molecule has 0 radical (unpaired) electrons. The highest BCUT2D eigenvalue weighted by Gasteiger charge is 2.08. The van der Waals surface area contributed by atoms with Gasteiger partial charge in [0.25, 0.3) is 0 Å². The number of hydrogen-bond donors (Lipinski definition) is 1. The molecule has 1 aromatic heterocycles. The van der Waals surface area contributed by atoms with Gasteiger partial charge in [-0.05, 0) is 31.0 Å². The Bertz CT molecular complexity index is 501. The van der Waals surface area contributed by atoms with Gasteiger partial charge in [-0.2, -0.15) is 0 Å². The van der Waals surface area contributed by atoms with Gasteiger partial charge in [-0.3, -0.25) is 4.79 Å². The second-order valence-electron chi connectivity index (χ2n) is 4.06. The first-order valence-corrected chi connectivity index (χ1v) is 5.39. The molecule has 0 spiro atoms. The fourth-order valence-electron chi connectivity index (χ4n) is 1.96. The third kappa shape index (κ3) is 2.24. The number of amides is 1. The van der Waals surface area contributed by atoms with Gasteiger partial charge in [0.1, 0.15) is 5.58 Å². The molecule has 0 bridgehead atoms. The predicted octanol–water partition coefficient (Wildman–Crippen LogP) is 2.50. The smallest absolute Gasteiger partial charge is 0.217 e. The van der Waals surface area contributed by atoms with E-state index in [1.807, 2.05) is 25.1 Å². The van der Waals surface area contributed by atoms with Gasteiger partial charge in [-0.25, -0.2) is 0 Å². The molecule has 1 heterocycles. The fourth-order valence-corrected chi connectivity index (χ4v) is 1.96. The SMILES string of the molecule is CC(=O)NC(C)Cc1cccc2occc12. The number of carbonyl (C=O) groups is 1. The molecule has 2 rings (SSSR count). The van der Waals surface area contributed by atoms with Gasteiger partial charge in [0.2, 0.25) is 5.91 Å². The van der Waals surface area contributed by atoms with Crippen molar-refractivity contribution in [3.63, 3.8) is 0 Å². The Morgan fingerprint density at radius 2 is 2.25 bits per heavy atom. The van der Waals surface area contributed by atoms with E-state index in [0.717, 1.165) is 17.4 Å². The molecule has 3 heteroatoms. The maximum absolute atomic E-state index is 10.9. The second-order valence-corrected chi connectivity index (χ2v) is 4.06. The molecule has 1 unspecified atom stereocenters. The summed E-state index contributed by atoms with van der Waals surface area (Å²) in [6.45, 7) is 3.54. The first-order chi connectivity index (χ1) is 7.66. The summed E-state index contributed by atoms with van der Waals surface area (Å²) >= 11 is 0. The van der Waals surface area contributed by atoms with E-state index in [4.69, 9.17) is 4.42 Å². The molecule has 1 aromatic carbocycles. The Morgan fingerprint density at radius 1 is 1.44 bits per heavy atom. The molecule has 0 aliphatic heterocycles. The largest absolute Gasteiger partial charge is 0.464 e. The van der Waals surface area contributed by atoms with Crippen LogP contribution in [0.4, 0.5) is 0 Å². The van der Waals surface area contributed by atoms with Gasteiger partial charge in [0.05, 0.1) is 6.26 Å². The van der Waals surface area contributed by atoms with E-state index in [9.17, 15) is 4.79 Å². The molecular weight excluding hydrogens is 202 g/mol. The van der Waals surface area contributed by atoms with Crippen LogP contribution >= 0.6 is 0 Å². The zero-order chi connectivity index (χ0) is 11.5. The first kappa shape index (κ1) is 10.7. The zero-order valence-electron chi connectivity index (χ0n) is 9.49. The van der Waals surface area contributed by atoms with Gasteiger partial charge < -0.3 is 9.73 Å². The number of hydrogen-bond acceptors (Lipinski definition) is 2. The predicted molar refractivity (Wildman–Crippen MR) is 63.2 cm³/mol. The summed E-state index contributed by atoms with van der Waals surface area (Å²) < 4.78 is 5.33. The van der Waals surface area contributed by atoms with Gasteiger partial charge in [-0.15, -0.1) is 0 Å². The van der Waals surface area contributed by atoms with E-state index < -0.39 is 0 Å². The average molecular weight is 217 g/mol. The van der Waals surface area contributed by atoms with Crippen LogP contribution in [0.2, 0.25) is 0 Å². The lowest BCUT2D eigenvalue weighted by Crippen LogP contribution is -2.32. The van der Waals surface area contributed by atoms with Crippen molar-refractivity contribution in [3.8, 4) is 0 Å². The van der Waals surface area contributed by atoms with E-state index in [2.05, 4.69) is 11.4 Å². The monoisotopic (exact) mass is 217 g/mol. The summed E-state index contributed by atoms with van der Waals surface area (Å²) in [5.41, 5.74) is 2.10. The third-order valence-electron chi connectivity index (χ3n) is 2.56. The summed E-state index contributed by atoms with van der Waals surface area (Å²) in [7, 11) is 0. The summed E-state index contributed by atoms with van der Waals surface area (Å²) in [4.78, 5) is 10.9. The van der Waals surface area contributed by atoms with Crippen molar-refractivity contribution in [3.05, 3.63) is 36.1 Å². The lowest BCUT2D eigenvalue weighted by molar-refractivity contribution is -0.119. The molecule has 84 valence electrons. The molecule has 1 N–H and O–H groups in total. The quantitative estimate of drug-likeness (QED) is 0.858. The Kier molecular flexibility index (Phi) is 2.95. The Balaban J connectivity index is 2.20. The maximum atomic E-state index is 10.9. The number of benzene rings is 1. The molecule has 0 saturated carbocycles. The fraction of sp³-hybridized carbons (Fsp3) is 0.308. The minimum absolute atomic E-state index is 0.00636. The molecule has 1 atom stereocenters. The van der Waals surface area contributed by atoms with Crippen molar-refractivity contribution < 1.29 is 9.21 Å². The van der Waals surface area contributed by atoms with Crippen LogP contribution < -0.4 is 5.32 Å².